The number of Topliss-reactive ketones (excluding diaryl/α,β-unsaturated/α-hetero) is 1. The molecule has 1 amide bonds. The molecular formula is C23H31NO5. The molecule has 0 radical (unpaired) electrons. The van der Waals surface area contributed by atoms with Crippen molar-refractivity contribution in [2.75, 3.05) is 20.2 Å². The fourth-order valence-corrected chi connectivity index (χ4v) is 4.21. The largest absolute Gasteiger partial charge is 0.465 e. The molecule has 0 aromatic heterocycles. The first-order valence-electron chi connectivity index (χ1n) is 10.4. The zero-order chi connectivity index (χ0) is 21.2. The molecule has 0 saturated carbocycles. The highest BCUT2D eigenvalue weighted by Gasteiger charge is 2.32. The molecule has 1 aliphatic heterocycles. The summed E-state index contributed by atoms with van der Waals surface area (Å²) in [5.41, 5.74) is 1.64. The van der Waals surface area contributed by atoms with E-state index in [1.807, 2.05) is 26.8 Å². The first kappa shape index (κ1) is 21.3. The van der Waals surface area contributed by atoms with E-state index >= 15 is 0 Å². The molecule has 6 heteroatoms. The van der Waals surface area contributed by atoms with E-state index in [0.717, 1.165) is 37.7 Å². The number of hydrogen-bond donors (Lipinski definition) is 0. The molecule has 1 atom stereocenters. The van der Waals surface area contributed by atoms with E-state index in [9.17, 15) is 14.4 Å². The van der Waals surface area contributed by atoms with E-state index < -0.39 is 11.6 Å². The predicted octanol–water partition coefficient (Wildman–Crippen LogP) is 4.26. The van der Waals surface area contributed by atoms with Gasteiger partial charge < -0.3 is 14.4 Å². The summed E-state index contributed by atoms with van der Waals surface area (Å²) in [4.78, 5) is 38.5. The summed E-state index contributed by atoms with van der Waals surface area (Å²) in [6.45, 7) is 7.05. The fraction of sp³-hybridized carbons (Fsp3) is 0.609. The topological polar surface area (TPSA) is 72.9 Å². The zero-order valence-corrected chi connectivity index (χ0v) is 17.8. The molecule has 1 saturated heterocycles. The second kappa shape index (κ2) is 8.56. The summed E-state index contributed by atoms with van der Waals surface area (Å²) < 4.78 is 10.2. The van der Waals surface area contributed by atoms with Crippen molar-refractivity contribution in [2.24, 2.45) is 11.8 Å². The van der Waals surface area contributed by atoms with Gasteiger partial charge in [0.25, 0.3) is 0 Å². The number of ketones is 1. The Labute approximate surface area is 172 Å². The van der Waals surface area contributed by atoms with Crippen molar-refractivity contribution in [3.63, 3.8) is 0 Å². The number of methoxy groups -OCH3 is 1. The van der Waals surface area contributed by atoms with Crippen molar-refractivity contribution >= 4 is 17.8 Å². The van der Waals surface area contributed by atoms with Gasteiger partial charge >= 0.3 is 12.1 Å². The van der Waals surface area contributed by atoms with Gasteiger partial charge in [-0.15, -0.1) is 0 Å². The van der Waals surface area contributed by atoms with Gasteiger partial charge in [-0.2, -0.15) is 0 Å². The van der Waals surface area contributed by atoms with Crippen molar-refractivity contribution < 1.29 is 23.9 Å². The second-order valence-electron chi connectivity index (χ2n) is 9.12. The van der Waals surface area contributed by atoms with E-state index in [2.05, 4.69) is 0 Å². The molecule has 0 spiro atoms. The van der Waals surface area contributed by atoms with Gasteiger partial charge in [-0.1, -0.05) is 6.07 Å². The van der Waals surface area contributed by atoms with E-state index in [0.29, 0.717) is 30.1 Å². The Bertz CT molecular complexity index is 787. The summed E-state index contributed by atoms with van der Waals surface area (Å²) in [7, 11) is 1.34. The molecular weight excluding hydrogens is 370 g/mol. The average Bonchev–Trinajstić information content (AvgIpc) is 3.00. The maximum atomic E-state index is 12.8. The lowest BCUT2D eigenvalue weighted by molar-refractivity contribution is 0.0179. The van der Waals surface area contributed by atoms with Crippen LogP contribution >= 0.6 is 0 Å². The summed E-state index contributed by atoms with van der Waals surface area (Å²) in [6.07, 6.45) is 4.22. The number of piperidine rings is 1. The van der Waals surface area contributed by atoms with Crippen LogP contribution in [0.1, 0.15) is 72.7 Å². The Morgan fingerprint density at radius 3 is 2.45 bits per heavy atom. The number of rotatable bonds is 4. The van der Waals surface area contributed by atoms with Gasteiger partial charge in [-0.05, 0) is 76.5 Å². The lowest BCUT2D eigenvalue weighted by Gasteiger charge is -2.33. The highest BCUT2D eigenvalue weighted by molar-refractivity contribution is 6.04. The Balaban J connectivity index is 1.48. The van der Waals surface area contributed by atoms with E-state index in [1.165, 1.54) is 7.11 Å². The third-order valence-corrected chi connectivity index (χ3v) is 5.82. The zero-order valence-electron chi connectivity index (χ0n) is 17.8. The lowest BCUT2D eigenvalue weighted by atomic mass is 9.87. The van der Waals surface area contributed by atoms with Crippen LogP contribution in [-0.2, 0) is 15.9 Å². The van der Waals surface area contributed by atoms with Gasteiger partial charge in [-0.25, -0.2) is 9.59 Å². The fourth-order valence-electron chi connectivity index (χ4n) is 4.21. The van der Waals surface area contributed by atoms with E-state index in [-0.39, 0.29) is 17.8 Å². The molecule has 1 heterocycles. The maximum absolute atomic E-state index is 12.8. The van der Waals surface area contributed by atoms with E-state index in [4.69, 9.17) is 9.47 Å². The van der Waals surface area contributed by atoms with Crippen LogP contribution in [0.4, 0.5) is 4.79 Å². The van der Waals surface area contributed by atoms with Gasteiger partial charge in [0.05, 0.1) is 12.7 Å². The van der Waals surface area contributed by atoms with Gasteiger partial charge in [0, 0.05) is 24.6 Å². The monoisotopic (exact) mass is 401 g/mol. The Morgan fingerprint density at radius 2 is 1.83 bits per heavy atom. The molecule has 3 rings (SSSR count). The normalized spacial score (nSPS) is 19.8. The minimum atomic E-state index is -0.473. The van der Waals surface area contributed by atoms with Crippen LogP contribution in [0.3, 0.4) is 0 Å². The summed E-state index contributed by atoms with van der Waals surface area (Å²) in [6, 6.07) is 5.27. The van der Waals surface area contributed by atoms with Crippen LogP contribution in [0.2, 0.25) is 0 Å². The molecule has 0 bridgehead atoms. The number of ether oxygens (including phenoxy) is 2. The molecule has 0 N–H and O–H groups in total. The molecule has 1 unspecified atom stereocenters. The number of likely N-dealkylation sites (tertiary alicyclic amines) is 1. The number of hydrogen-bond acceptors (Lipinski definition) is 5. The van der Waals surface area contributed by atoms with Gasteiger partial charge in [0.2, 0.25) is 0 Å². The number of carbonyl (C=O) groups excluding carboxylic acids is 3. The highest BCUT2D eigenvalue weighted by Crippen LogP contribution is 2.33. The lowest BCUT2D eigenvalue weighted by Crippen LogP contribution is -2.41. The molecule has 1 aromatic carbocycles. The van der Waals surface area contributed by atoms with Crippen molar-refractivity contribution in [1.29, 1.82) is 0 Å². The highest BCUT2D eigenvalue weighted by atomic mass is 16.6. The average molecular weight is 402 g/mol. The third kappa shape index (κ3) is 5.17. The molecule has 1 aromatic rings. The molecule has 29 heavy (non-hydrogen) atoms. The number of carbonyl (C=O) groups is 3. The molecule has 6 nitrogen and oxygen atoms in total. The van der Waals surface area contributed by atoms with Crippen LogP contribution in [-0.4, -0.2) is 48.5 Å². The van der Waals surface area contributed by atoms with Crippen molar-refractivity contribution in [2.45, 2.75) is 58.5 Å². The van der Waals surface area contributed by atoms with E-state index in [1.54, 1.807) is 17.0 Å². The maximum Gasteiger partial charge on any atom is 0.410 e. The minimum Gasteiger partial charge on any atom is -0.465 e. The third-order valence-electron chi connectivity index (χ3n) is 5.82. The van der Waals surface area contributed by atoms with Crippen LogP contribution in [0.25, 0.3) is 0 Å². The second-order valence-corrected chi connectivity index (χ2v) is 9.12. The van der Waals surface area contributed by atoms with Crippen molar-refractivity contribution in [3.8, 4) is 0 Å². The van der Waals surface area contributed by atoms with Crippen molar-refractivity contribution in [1.82, 2.24) is 4.90 Å². The van der Waals surface area contributed by atoms with Gasteiger partial charge in [0.1, 0.15) is 5.60 Å². The van der Waals surface area contributed by atoms with Crippen LogP contribution in [0.5, 0.6) is 0 Å². The molecule has 2 aliphatic rings. The summed E-state index contributed by atoms with van der Waals surface area (Å²) in [5.74, 6) is 0.232. The van der Waals surface area contributed by atoms with Gasteiger partial charge in [0.15, 0.2) is 5.78 Å². The molecule has 1 fully saturated rings. The number of amides is 1. The number of esters is 1. The smallest absolute Gasteiger partial charge is 0.410 e. The van der Waals surface area contributed by atoms with Crippen LogP contribution < -0.4 is 0 Å². The quantitative estimate of drug-likeness (QED) is 0.705. The number of fused-ring (bicyclic) bond motifs is 1. The molecule has 158 valence electrons. The van der Waals surface area contributed by atoms with Gasteiger partial charge in [-0.3, -0.25) is 4.79 Å². The Kier molecular flexibility index (Phi) is 6.30. The standard InChI is InChI=1S/C23H31NO5/c1-23(2,3)29-22(27)24-11-9-15(10-12-24)5-6-17-13-16-7-8-18(21(26)28-4)14-19(16)20(17)25/h7-8,14-15,17H,5-6,9-13H2,1-4H3. The molecule has 1 aliphatic carbocycles. The van der Waals surface area contributed by atoms with Crippen molar-refractivity contribution in [3.05, 3.63) is 34.9 Å². The van der Waals surface area contributed by atoms with Crippen LogP contribution in [0, 0.1) is 11.8 Å². The predicted molar refractivity (Wildman–Crippen MR) is 109 cm³/mol. The Morgan fingerprint density at radius 1 is 1.14 bits per heavy atom. The first-order valence-corrected chi connectivity index (χ1v) is 10.4. The number of benzene rings is 1. The number of nitrogens with zero attached hydrogens (tertiary/aromatic N) is 1. The first-order chi connectivity index (χ1) is 13.7. The minimum absolute atomic E-state index is 0.0122. The Hall–Kier alpha value is -2.37. The SMILES string of the molecule is COC(=O)c1ccc2c(c1)C(=O)C(CCC1CCN(C(=O)OC(C)(C)C)CC1)C2. The summed E-state index contributed by atoms with van der Waals surface area (Å²) in [5, 5.41) is 0. The summed E-state index contributed by atoms with van der Waals surface area (Å²) >= 11 is 0. The van der Waals surface area contributed by atoms with Crippen LogP contribution in [0.15, 0.2) is 18.2 Å².